The summed E-state index contributed by atoms with van der Waals surface area (Å²) in [5.41, 5.74) is 0.680. The average Bonchev–Trinajstić information content (AvgIpc) is 2.89. The molecule has 0 atom stereocenters. The summed E-state index contributed by atoms with van der Waals surface area (Å²) in [7, 11) is 0. The van der Waals surface area contributed by atoms with Gasteiger partial charge in [-0.25, -0.2) is 0 Å². The van der Waals surface area contributed by atoms with E-state index in [0.29, 0.717) is 5.41 Å². The first-order chi connectivity index (χ1) is 7.78. The molecule has 16 heavy (non-hydrogen) atoms. The summed E-state index contributed by atoms with van der Waals surface area (Å²) in [4.78, 5) is 3.00. The second-order valence-corrected chi connectivity index (χ2v) is 6.33. The topological polar surface area (TPSA) is 12.0 Å². The van der Waals surface area contributed by atoms with Gasteiger partial charge in [0.15, 0.2) is 0 Å². The highest BCUT2D eigenvalue weighted by Gasteiger charge is 2.40. The van der Waals surface area contributed by atoms with Gasteiger partial charge in [-0.3, -0.25) is 0 Å². The number of rotatable bonds is 7. The van der Waals surface area contributed by atoms with Crippen molar-refractivity contribution >= 4 is 11.3 Å². The molecule has 90 valence electrons. The number of thiophene rings is 1. The molecule has 0 unspecified atom stereocenters. The Kier molecular flexibility index (Phi) is 4.04. The lowest BCUT2D eigenvalue weighted by Crippen LogP contribution is -2.23. The zero-order valence-electron chi connectivity index (χ0n) is 10.5. The lowest BCUT2D eigenvalue weighted by Gasteiger charge is -2.14. The van der Waals surface area contributed by atoms with Crippen LogP contribution < -0.4 is 5.32 Å². The molecule has 0 saturated heterocycles. The second-order valence-electron chi connectivity index (χ2n) is 5.08. The highest BCUT2D eigenvalue weighted by Crippen LogP contribution is 2.48. The molecule has 1 aliphatic rings. The Balaban J connectivity index is 1.71. The molecule has 1 aromatic heterocycles. The van der Waals surface area contributed by atoms with Gasteiger partial charge >= 0.3 is 0 Å². The van der Waals surface area contributed by atoms with E-state index in [1.807, 2.05) is 11.3 Å². The summed E-state index contributed by atoms with van der Waals surface area (Å²) in [5.74, 6) is 0. The van der Waals surface area contributed by atoms with Gasteiger partial charge in [0.25, 0.3) is 0 Å². The SMILES string of the molecule is CCCC1(CNCc2ccc(CC)s2)CC1. The summed E-state index contributed by atoms with van der Waals surface area (Å²) < 4.78 is 0. The Morgan fingerprint density at radius 2 is 2.00 bits per heavy atom. The monoisotopic (exact) mass is 237 g/mol. The largest absolute Gasteiger partial charge is 0.311 e. The molecule has 1 N–H and O–H groups in total. The van der Waals surface area contributed by atoms with E-state index in [2.05, 4.69) is 31.3 Å². The normalized spacial score (nSPS) is 17.6. The standard InChI is InChI=1S/C14H23NS/c1-3-7-14(8-9-14)11-15-10-13-6-5-12(4-2)16-13/h5-6,15H,3-4,7-11H2,1-2H3. The Hall–Kier alpha value is -0.340. The van der Waals surface area contributed by atoms with Crippen molar-refractivity contribution in [2.75, 3.05) is 6.54 Å². The van der Waals surface area contributed by atoms with Crippen LogP contribution in [0.1, 0.15) is 49.3 Å². The van der Waals surface area contributed by atoms with E-state index in [4.69, 9.17) is 0 Å². The van der Waals surface area contributed by atoms with Crippen molar-refractivity contribution in [3.8, 4) is 0 Å². The highest BCUT2D eigenvalue weighted by atomic mass is 32.1. The minimum Gasteiger partial charge on any atom is -0.311 e. The molecular weight excluding hydrogens is 214 g/mol. The van der Waals surface area contributed by atoms with Crippen LogP contribution in [-0.2, 0) is 13.0 Å². The van der Waals surface area contributed by atoms with Gasteiger partial charge in [-0.15, -0.1) is 11.3 Å². The van der Waals surface area contributed by atoms with Gasteiger partial charge < -0.3 is 5.32 Å². The van der Waals surface area contributed by atoms with Gasteiger partial charge in [0, 0.05) is 22.8 Å². The lowest BCUT2D eigenvalue weighted by molar-refractivity contribution is 0.421. The zero-order valence-corrected chi connectivity index (χ0v) is 11.3. The van der Waals surface area contributed by atoms with Crippen molar-refractivity contribution in [2.24, 2.45) is 5.41 Å². The quantitative estimate of drug-likeness (QED) is 0.756. The van der Waals surface area contributed by atoms with Gasteiger partial charge in [0.1, 0.15) is 0 Å². The van der Waals surface area contributed by atoms with E-state index in [1.54, 1.807) is 0 Å². The summed E-state index contributed by atoms with van der Waals surface area (Å²) >= 11 is 1.95. The lowest BCUT2D eigenvalue weighted by atomic mass is 10.0. The van der Waals surface area contributed by atoms with Crippen molar-refractivity contribution in [1.29, 1.82) is 0 Å². The third-order valence-electron chi connectivity index (χ3n) is 3.60. The van der Waals surface area contributed by atoms with Gasteiger partial charge in [-0.05, 0) is 43.2 Å². The van der Waals surface area contributed by atoms with Crippen molar-refractivity contribution < 1.29 is 0 Å². The van der Waals surface area contributed by atoms with E-state index in [1.165, 1.54) is 48.4 Å². The van der Waals surface area contributed by atoms with Gasteiger partial charge in [-0.2, -0.15) is 0 Å². The van der Waals surface area contributed by atoms with Gasteiger partial charge in [0.05, 0.1) is 0 Å². The number of hydrogen-bond donors (Lipinski definition) is 1. The Morgan fingerprint density at radius 1 is 1.25 bits per heavy atom. The van der Waals surface area contributed by atoms with E-state index in [-0.39, 0.29) is 0 Å². The highest BCUT2D eigenvalue weighted by molar-refractivity contribution is 7.11. The molecule has 0 radical (unpaired) electrons. The molecule has 1 aromatic rings. The molecule has 1 aliphatic carbocycles. The predicted molar refractivity (Wildman–Crippen MR) is 72.0 cm³/mol. The maximum atomic E-state index is 3.64. The number of hydrogen-bond acceptors (Lipinski definition) is 2. The first-order valence-electron chi connectivity index (χ1n) is 6.56. The fourth-order valence-electron chi connectivity index (χ4n) is 2.38. The van der Waals surface area contributed by atoms with Gasteiger partial charge in [0.2, 0.25) is 0 Å². The molecule has 0 bridgehead atoms. The molecule has 0 aliphatic heterocycles. The van der Waals surface area contributed by atoms with E-state index in [9.17, 15) is 0 Å². The van der Waals surface area contributed by atoms with Crippen LogP contribution in [0.15, 0.2) is 12.1 Å². The molecule has 2 rings (SSSR count). The third-order valence-corrected chi connectivity index (χ3v) is 4.83. The summed E-state index contributed by atoms with van der Waals surface area (Å²) in [6, 6.07) is 4.54. The van der Waals surface area contributed by atoms with E-state index < -0.39 is 0 Å². The molecule has 0 spiro atoms. The maximum absolute atomic E-state index is 3.64. The minimum absolute atomic E-state index is 0.680. The van der Waals surface area contributed by atoms with Gasteiger partial charge in [-0.1, -0.05) is 20.3 Å². The third kappa shape index (κ3) is 3.08. The van der Waals surface area contributed by atoms with E-state index >= 15 is 0 Å². The smallest absolute Gasteiger partial charge is 0.0300 e. The molecule has 0 amide bonds. The minimum atomic E-state index is 0.680. The second kappa shape index (κ2) is 5.33. The van der Waals surface area contributed by atoms with Crippen LogP contribution in [0.2, 0.25) is 0 Å². The van der Waals surface area contributed by atoms with Crippen LogP contribution in [0.5, 0.6) is 0 Å². The molecule has 1 saturated carbocycles. The first-order valence-corrected chi connectivity index (χ1v) is 7.38. The van der Waals surface area contributed by atoms with Crippen molar-refractivity contribution in [1.82, 2.24) is 5.32 Å². The fourth-order valence-corrected chi connectivity index (χ4v) is 3.31. The average molecular weight is 237 g/mol. The zero-order chi connectivity index (χ0) is 11.4. The Labute approximate surface area is 103 Å². The first kappa shape index (κ1) is 12.1. The Bertz CT molecular complexity index is 325. The van der Waals surface area contributed by atoms with Crippen molar-refractivity contribution in [3.63, 3.8) is 0 Å². The van der Waals surface area contributed by atoms with Crippen LogP contribution in [-0.4, -0.2) is 6.54 Å². The molecular formula is C14H23NS. The molecule has 2 heteroatoms. The molecule has 1 heterocycles. The predicted octanol–water partition coefficient (Wildman–Crippen LogP) is 3.98. The van der Waals surface area contributed by atoms with Crippen LogP contribution >= 0.6 is 11.3 Å². The molecule has 1 fully saturated rings. The maximum Gasteiger partial charge on any atom is 0.0300 e. The van der Waals surface area contributed by atoms with Crippen LogP contribution in [0.4, 0.5) is 0 Å². The van der Waals surface area contributed by atoms with E-state index in [0.717, 1.165) is 6.54 Å². The van der Waals surface area contributed by atoms with Crippen molar-refractivity contribution in [3.05, 3.63) is 21.9 Å². The number of aryl methyl sites for hydroxylation is 1. The number of nitrogens with one attached hydrogen (secondary N) is 1. The fraction of sp³-hybridized carbons (Fsp3) is 0.714. The molecule has 0 aromatic carbocycles. The molecule has 1 nitrogen and oxygen atoms in total. The summed E-state index contributed by atoms with van der Waals surface area (Å²) in [5, 5.41) is 3.64. The van der Waals surface area contributed by atoms with Crippen molar-refractivity contribution in [2.45, 2.75) is 52.5 Å². The summed E-state index contributed by atoms with van der Waals surface area (Å²) in [6.07, 6.45) is 6.80. The van der Waals surface area contributed by atoms with Crippen LogP contribution in [0.25, 0.3) is 0 Å². The van der Waals surface area contributed by atoms with Crippen LogP contribution in [0.3, 0.4) is 0 Å². The summed E-state index contributed by atoms with van der Waals surface area (Å²) in [6.45, 7) is 6.81. The Morgan fingerprint density at radius 3 is 2.56 bits per heavy atom. The van der Waals surface area contributed by atoms with Crippen LogP contribution in [0, 0.1) is 5.41 Å².